The molecule has 0 saturated carbocycles. The number of anilines is 1. The van der Waals surface area contributed by atoms with Crippen LogP contribution in [0, 0.1) is 0 Å². The van der Waals surface area contributed by atoms with Crippen molar-refractivity contribution in [3.8, 4) is 5.75 Å². The Morgan fingerprint density at radius 2 is 1.75 bits per heavy atom. The Bertz CT molecular complexity index is 824. The van der Waals surface area contributed by atoms with Gasteiger partial charge in [-0.25, -0.2) is 0 Å². The van der Waals surface area contributed by atoms with Gasteiger partial charge in [0.25, 0.3) is 0 Å². The summed E-state index contributed by atoms with van der Waals surface area (Å²) < 4.78 is 5.30. The van der Waals surface area contributed by atoms with Crippen molar-refractivity contribution in [3.05, 3.63) is 59.7 Å². The fourth-order valence-corrected chi connectivity index (χ4v) is 3.10. The molecule has 2 aromatic carbocycles. The second-order valence-corrected chi connectivity index (χ2v) is 6.79. The number of rotatable bonds is 8. The van der Waals surface area contributed by atoms with Crippen LogP contribution >= 0.6 is 0 Å². The zero-order valence-electron chi connectivity index (χ0n) is 16.3. The lowest BCUT2D eigenvalue weighted by molar-refractivity contribution is -0.125. The molecule has 2 atom stereocenters. The number of aliphatic hydroxyl groups is 1. The van der Waals surface area contributed by atoms with Crippen molar-refractivity contribution >= 4 is 17.5 Å². The van der Waals surface area contributed by atoms with Gasteiger partial charge in [0.1, 0.15) is 17.8 Å². The highest BCUT2D eigenvalue weighted by Gasteiger charge is 2.35. The largest absolute Gasteiger partial charge is 0.497 e. The van der Waals surface area contributed by atoms with E-state index in [9.17, 15) is 14.7 Å². The van der Waals surface area contributed by atoms with Gasteiger partial charge in [-0.2, -0.15) is 0 Å². The quantitative estimate of drug-likeness (QED) is 0.639. The van der Waals surface area contributed by atoms with Crippen LogP contribution in [0.15, 0.2) is 48.5 Å². The van der Waals surface area contributed by atoms with Crippen molar-refractivity contribution in [1.82, 2.24) is 0 Å². The second-order valence-electron chi connectivity index (χ2n) is 6.79. The number of hydrogen-bond donors (Lipinski definition) is 3. The number of carbonyl (C=O) groups is 2. The molecule has 2 aromatic rings. The fraction of sp³-hybridized carbons (Fsp3) is 0.333. The Kier molecular flexibility index (Phi) is 7.14. The summed E-state index contributed by atoms with van der Waals surface area (Å²) >= 11 is 0. The van der Waals surface area contributed by atoms with Crippen LogP contribution in [0.25, 0.3) is 0 Å². The van der Waals surface area contributed by atoms with E-state index in [1.165, 1.54) is 4.90 Å². The molecule has 5 N–H and O–H groups in total. The third-order valence-electron chi connectivity index (χ3n) is 4.52. The van der Waals surface area contributed by atoms with E-state index >= 15 is 0 Å². The first kappa shape index (κ1) is 21.4. The van der Waals surface area contributed by atoms with Gasteiger partial charge in [0.15, 0.2) is 0 Å². The van der Waals surface area contributed by atoms with Crippen molar-refractivity contribution < 1.29 is 19.4 Å². The lowest BCUT2D eigenvalue weighted by Gasteiger charge is -2.33. The number of nitrogens with zero attached hydrogens (tertiary/aromatic N) is 1. The van der Waals surface area contributed by atoms with Gasteiger partial charge in [-0.3, -0.25) is 14.5 Å². The van der Waals surface area contributed by atoms with Gasteiger partial charge in [-0.1, -0.05) is 38.1 Å². The predicted molar refractivity (Wildman–Crippen MR) is 108 cm³/mol. The summed E-state index contributed by atoms with van der Waals surface area (Å²) in [7, 11) is 1.56. The number of hydrogen-bond acceptors (Lipinski definition) is 5. The standard InChI is InChI=1S/C21H27N3O4/c1-13(2)17-11-15(28-3)9-10-16(17)19(20(23)26)24(21(27)18(22)12-25)14-7-5-4-6-8-14/h4-11,13,18-19,25H,12,22H2,1-3H3,(H2,23,26). The molecule has 2 unspecified atom stereocenters. The van der Waals surface area contributed by atoms with E-state index in [0.717, 1.165) is 5.56 Å². The minimum atomic E-state index is -1.18. The first-order valence-electron chi connectivity index (χ1n) is 9.03. The maximum Gasteiger partial charge on any atom is 0.247 e. The highest BCUT2D eigenvalue weighted by Crippen LogP contribution is 2.34. The van der Waals surface area contributed by atoms with Gasteiger partial charge in [-0.05, 0) is 41.3 Å². The lowest BCUT2D eigenvalue weighted by atomic mass is 9.90. The highest BCUT2D eigenvalue weighted by atomic mass is 16.5. The molecule has 2 rings (SSSR count). The fourth-order valence-electron chi connectivity index (χ4n) is 3.10. The Labute approximate surface area is 164 Å². The molecule has 0 spiro atoms. The van der Waals surface area contributed by atoms with Crippen LogP contribution in [0.1, 0.15) is 36.9 Å². The predicted octanol–water partition coefficient (Wildman–Crippen LogP) is 1.70. The topological polar surface area (TPSA) is 119 Å². The van der Waals surface area contributed by atoms with Gasteiger partial charge in [-0.15, -0.1) is 0 Å². The van der Waals surface area contributed by atoms with E-state index < -0.39 is 30.5 Å². The van der Waals surface area contributed by atoms with Crippen molar-refractivity contribution in [3.63, 3.8) is 0 Å². The van der Waals surface area contributed by atoms with Crippen LogP contribution in [0.3, 0.4) is 0 Å². The highest BCUT2D eigenvalue weighted by molar-refractivity contribution is 6.03. The van der Waals surface area contributed by atoms with E-state index in [1.807, 2.05) is 19.9 Å². The molecular formula is C21H27N3O4. The number of amides is 2. The Morgan fingerprint density at radius 1 is 1.11 bits per heavy atom. The average Bonchev–Trinajstić information content (AvgIpc) is 2.70. The molecule has 0 fully saturated rings. The molecule has 0 radical (unpaired) electrons. The minimum Gasteiger partial charge on any atom is -0.497 e. The Hall–Kier alpha value is -2.90. The number of methoxy groups -OCH3 is 1. The summed E-state index contributed by atoms with van der Waals surface area (Å²) in [4.78, 5) is 26.8. The van der Waals surface area contributed by atoms with Crippen molar-refractivity contribution in [2.75, 3.05) is 18.6 Å². The number of carbonyl (C=O) groups excluding carboxylic acids is 2. The number of aliphatic hydroxyl groups excluding tert-OH is 1. The van der Waals surface area contributed by atoms with E-state index in [4.69, 9.17) is 16.2 Å². The molecule has 7 nitrogen and oxygen atoms in total. The first-order valence-corrected chi connectivity index (χ1v) is 9.03. The summed E-state index contributed by atoms with van der Waals surface area (Å²) in [6.07, 6.45) is 0. The van der Waals surface area contributed by atoms with Crippen molar-refractivity contribution in [2.24, 2.45) is 11.5 Å². The minimum absolute atomic E-state index is 0.0474. The average molecular weight is 385 g/mol. The molecule has 28 heavy (non-hydrogen) atoms. The molecule has 7 heteroatoms. The normalized spacial score (nSPS) is 13.1. The van der Waals surface area contributed by atoms with Crippen molar-refractivity contribution in [2.45, 2.75) is 31.8 Å². The van der Waals surface area contributed by atoms with Crippen molar-refractivity contribution in [1.29, 1.82) is 0 Å². The van der Waals surface area contributed by atoms with Crippen LogP contribution in [0.2, 0.25) is 0 Å². The van der Waals surface area contributed by atoms with E-state index in [2.05, 4.69) is 0 Å². The molecule has 0 heterocycles. The van der Waals surface area contributed by atoms with Gasteiger partial charge < -0.3 is 21.3 Å². The van der Waals surface area contributed by atoms with Gasteiger partial charge in [0.2, 0.25) is 11.8 Å². The number of ether oxygens (including phenoxy) is 1. The monoisotopic (exact) mass is 385 g/mol. The summed E-state index contributed by atoms with van der Waals surface area (Å²) in [6, 6.07) is 11.7. The van der Waals surface area contributed by atoms with E-state index in [0.29, 0.717) is 17.0 Å². The summed E-state index contributed by atoms with van der Waals surface area (Å²) in [5.41, 5.74) is 13.4. The number of benzene rings is 2. The SMILES string of the molecule is COc1ccc(C(C(N)=O)N(C(=O)C(N)CO)c2ccccc2)c(C(C)C)c1. The molecule has 0 saturated heterocycles. The zero-order valence-corrected chi connectivity index (χ0v) is 16.3. The van der Waals surface area contributed by atoms with E-state index in [-0.39, 0.29) is 5.92 Å². The van der Waals surface area contributed by atoms with Gasteiger partial charge >= 0.3 is 0 Å². The first-order chi connectivity index (χ1) is 13.3. The second kappa shape index (κ2) is 9.34. The Balaban J connectivity index is 2.70. The summed E-state index contributed by atoms with van der Waals surface area (Å²) in [6.45, 7) is 3.40. The molecule has 0 aliphatic heterocycles. The third-order valence-corrected chi connectivity index (χ3v) is 4.52. The molecule has 0 aromatic heterocycles. The molecule has 0 bridgehead atoms. The number of primary amides is 1. The molecule has 150 valence electrons. The molecular weight excluding hydrogens is 358 g/mol. The smallest absolute Gasteiger partial charge is 0.247 e. The maximum atomic E-state index is 13.0. The lowest BCUT2D eigenvalue weighted by Crippen LogP contribution is -2.50. The Morgan fingerprint density at radius 3 is 2.25 bits per heavy atom. The molecule has 0 aliphatic rings. The van der Waals surface area contributed by atoms with E-state index in [1.54, 1.807) is 49.6 Å². The third kappa shape index (κ3) is 4.49. The van der Waals surface area contributed by atoms with Crippen LogP contribution < -0.4 is 21.1 Å². The molecule has 0 aliphatic carbocycles. The van der Waals surface area contributed by atoms with Gasteiger partial charge in [0, 0.05) is 5.69 Å². The van der Waals surface area contributed by atoms with Crippen LogP contribution in [0.4, 0.5) is 5.69 Å². The summed E-state index contributed by atoms with van der Waals surface area (Å²) in [5.74, 6) is -0.607. The van der Waals surface area contributed by atoms with Crippen LogP contribution in [-0.4, -0.2) is 36.7 Å². The van der Waals surface area contributed by atoms with Gasteiger partial charge in [0.05, 0.1) is 13.7 Å². The zero-order chi connectivity index (χ0) is 20.8. The maximum absolute atomic E-state index is 13.0. The number of nitrogens with two attached hydrogens (primary N) is 2. The summed E-state index contributed by atoms with van der Waals surface area (Å²) in [5, 5.41) is 9.40. The van der Waals surface area contributed by atoms with Crippen LogP contribution in [-0.2, 0) is 9.59 Å². The molecule has 2 amide bonds. The van der Waals surface area contributed by atoms with Crippen LogP contribution in [0.5, 0.6) is 5.75 Å². The number of para-hydroxylation sites is 1.